The highest BCUT2D eigenvalue weighted by molar-refractivity contribution is 5.88. The minimum absolute atomic E-state index is 0.0757. The van der Waals surface area contributed by atoms with Crippen LogP contribution in [0.15, 0.2) is 24.3 Å². The molecule has 1 aromatic carbocycles. The minimum atomic E-state index is -0.332. The highest BCUT2D eigenvalue weighted by Gasteiger charge is 1.99. The lowest BCUT2D eigenvalue weighted by molar-refractivity contribution is -0.114. The summed E-state index contributed by atoms with van der Waals surface area (Å²) in [7, 11) is 0. The lowest BCUT2D eigenvalue weighted by atomic mass is 10.1. The second-order valence-electron chi connectivity index (χ2n) is 3.43. The van der Waals surface area contributed by atoms with Gasteiger partial charge in [0.15, 0.2) is 0 Å². The van der Waals surface area contributed by atoms with Crippen molar-refractivity contribution in [1.29, 1.82) is 0 Å². The molecule has 1 aromatic rings. The molecule has 1 rings (SSSR count). The molecule has 0 aliphatic carbocycles. The van der Waals surface area contributed by atoms with Crippen molar-refractivity contribution in [3.8, 4) is 0 Å². The van der Waals surface area contributed by atoms with Gasteiger partial charge in [-0.05, 0) is 31.0 Å². The summed E-state index contributed by atoms with van der Waals surface area (Å²) in [5, 5.41) is 11.8. The molecule has 0 spiro atoms. The number of carbonyl (C=O) groups is 1. The van der Waals surface area contributed by atoms with Crippen molar-refractivity contribution in [2.45, 2.75) is 26.4 Å². The number of rotatable bonds is 3. The average Bonchev–Trinajstić information content (AvgIpc) is 2.06. The molecule has 76 valence electrons. The Morgan fingerprint density at radius 1 is 1.43 bits per heavy atom. The zero-order chi connectivity index (χ0) is 10.6. The first-order valence-corrected chi connectivity index (χ1v) is 4.62. The number of carbonyl (C=O) groups excluding carboxylic acids is 1. The second-order valence-corrected chi connectivity index (χ2v) is 3.43. The van der Waals surface area contributed by atoms with Crippen LogP contribution in [0.3, 0.4) is 0 Å². The normalized spacial score (nSPS) is 12.2. The topological polar surface area (TPSA) is 49.3 Å². The zero-order valence-corrected chi connectivity index (χ0v) is 8.45. The Kier molecular flexibility index (Phi) is 3.65. The van der Waals surface area contributed by atoms with E-state index in [1.54, 1.807) is 6.92 Å². The number of amides is 1. The summed E-state index contributed by atoms with van der Waals surface area (Å²) in [6.07, 6.45) is 0.307. The summed E-state index contributed by atoms with van der Waals surface area (Å²) >= 11 is 0. The fourth-order valence-corrected chi connectivity index (χ4v) is 1.27. The van der Waals surface area contributed by atoms with Gasteiger partial charge in [0.2, 0.25) is 5.91 Å². The largest absolute Gasteiger partial charge is 0.393 e. The number of aliphatic hydroxyl groups is 1. The van der Waals surface area contributed by atoms with E-state index in [9.17, 15) is 4.79 Å². The third-order valence-electron chi connectivity index (χ3n) is 1.81. The number of hydrogen-bond donors (Lipinski definition) is 2. The molecule has 0 fully saturated rings. The van der Waals surface area contributed by atoms with Gasteiger partial charge in [-0.25, -0.2) is 0 Å². The van der Waals surface area contributed by atoms with Crippen molar-refractivity contribution in [2.75, 3.05) is 5.32 Å². The number of anilines is 1. The fourth-order valence-electron chi connectivity index (χ4n) is 1.27. The molecule has 0 saturated carbocycles. The van der Waals surface area contributed by atoms with Gasteiger partial charge in [0.1, 0.15) is 0 Å². The third kappa shape index (κ3) is 3.58. The van der Waals surface area contributed by atoms with E-state index in [4.69, 9.17) is 5.11 Å². The Balaban J connectivity index is 2.63. The maximum absolute atomic E-state index is 10.7. The maximum Gasteiger partial charge on any atom is 0.221 e. The van der Waals surface area contributed by atoms with E-state index >= 15 is 0 Å². The van der Waals surface area contributed by atoms with Crippen LogP contribution in [0.2, 0.25) is 0 Å². The first-order chi connectivity index (χ1) is 6.58. The van der Waals surface area contributed by atoms with Crippen LogP contribution in [-0.4, -0.2) is 17.1 Å². The molecule has 3 nitrogen and oxygen atoms in total. The first-order valence-electron chi connectivity index (χ1n) is 4.62. The monoisotopic (exact) mass is 193 g/mol. The summed E-state index contributed by atoms with van der Waals surface area (Å²) in [6.45, 7) is 3.23. The number of nitrogens with one attached hydrogen (secondary N) is 1. The Morgan fingerprint density at radius 3 is 2.43 bits per heavy atom. The molecule has 0 heterocycles. The van der Waals surface area contributed by atoms with Crippen LogP contribution < -0.4 is 5.32 Å². The Morgan fingerprint density at radius 2 is 2.00 bits per heavy atom. The van der Waals surface area contributed by atoms with Crippen LogP contribution in [0.5, 0.6) is 0 Å². The lowest BCUT2D eigenvalue weighted by Crippen LogP contribution is -2.06. The van der Waals surface area contributed by atoms with Gasteiger partial charge in [-0.1, -0.05) is 12.1 Å². The zero-order valence-electron chi connectivity index (χ0n) is 8.45. The molecular weight excluding hydrogens is 178 g/mol. The molecule has 0 saturated heterocycles. The number of benzene rings is 1. The molecule has 14 heavy (non-hydrogen) atoms. The van der Waals surface area contributed by atoms with Crippen molar-refractivity contribution >= 4 is 11.6 Å². The summed E-state index contributed by atoms with van der Waals surface area (Å²) in [5.41, 5.74) is 1.85. The van der Waals surface area contributed by atoms with Crippen molar-refractivity contribution in [3.63, 3.8) is 0 Å². The van der Waals surface area contributed by atoms with Crippen molar-refractivity contribution < 1.29 is 9.90 Å². The van der Waals surface area contributed by atoms with Crippen molar-refractivity contribution in [3.05, 3.63) is 29.8 Å². The van der Waals surface area contributed by atoms with Gasteiger partial charge >= 0.3 is 0 Å². The van der Waals surface area contributed by atoms with Crippen LogP contribution in [0.4, 0.5) is 5.69 Å². The Hall–Kier alpha value is -1.35. The predicted molar refractivity (Wildman–Crippen MR) is 56.1 cm³/mol. The molecule has 1 atom stereocenters. The van der Waals surface area contributed by atoms with E-state index in [1.807, 2.05) is 24.3 Å². The molecule has 0 aliphatic rings. The second kappa shape index (κ2) is 4.77. The van der Waals surface area contributed by atoms with Gasteiger partial charge in [0.05, 0.1) is 6.10 Å². The highest BCUT2D eigenvalue weighted by Crippen LogP contribution is 2.10. The quantitative estimate of drug-likeness (QED) is 0.765. The van der Waals surface area contributed by atoms with E-state index < -0.39 is 0 Å². The van der Waals surface area contributed by atoms with Crippen LogP contribution in [0, 0.1) is 0 Å². The number of hydrogen-bond acceptors (Lipinski definition) is 2. The summed E-state index contributed by atoms with van der Waals surface area (Å²) in [4.78, 5) is 10.7. The summed E-state index contributed by atoms with van der Waals surface area (Å²) in [5.74, 6) is -0.0757. The highest BCUT2D eigenvalue weighted by atomic mass is 16.3. The Labute approximate surface area is 83.8 Å². The van der Waals surface area contributed by atoms with E-state index in [-0.39, 0.29) is 12.0 Å². The van der Waals surface area contributed by atoms with Gasteiger partial charge < -0.3 is 10.4 Å². The van der Waals surface area contributed by atoms with Gasteiger partial charge in [-0.15, -0.1) is 0 Å². The molecular formula is C11H15NO2. The number of aliphatic hydroxyl groups excluding tert-OH is 1. The van der Waals surface area contributed by atoms with E-state index in [0.29, 0.717) is 6.42 Å². The lowest BCUT2D eigenvalue weighted by Gasteiger charge is -2.06. The maximum atomic E-state index is 10.7. The first kappa shape index (κ1) is 10.7. The van der Waals surface area contributed by atoms with Crippen LogP contribution in [0.1, 0.15) is 19.4 Å². The fraction of sp³-hybridized carbons (Fsp3) is 0.364. The summed E-state index contributed by atoms with van der Waals surface area (Å²) in [6, 6.07) is 7.47. The molecule has 0 aliphatic heterocycles. The molecule has 1 amide bonds. The van der Waals surface area contributed by atoms with Crippen molar-refractivity contribution in [1.82, 2.24) is 0 Å². The van der Waals surface area contributed by atoms with E-state index in [1.165, 1.54) is 6.92 Å². The molecule has 0 aromatic heterocycles. The average molecular weight is 193 g/mol. The SMILES string of the molecule is CC(=O)Nc1ccc(C[C@H](C)O)cc1. The van der Waals surface area contributed by atoms with Gasteiger partial charge in [0.25, 0.3) is 0 Å². The standard InChI is InChI=1S/C11H15NO2/c1-8(13)7-10-3-5-11(6-4-10)12-9(2)14/h3-6,8,13H,7H2,1-2H3,(H,12,14)/t8-/m0/s1. The molecule has 3 heteroatoms. The predicted octanol–water partition coefficient (Wildman–Crippen LogP) is 1.57. The van der Waals surface area contributed by atoms with Crippen molar-refractivity contribution in [2.24, 2.45) is 0 Å². The molecule has 0 bridgehead atoms. The molecule has 0 unspecified atom stereocenters. The molecule has 2 N–H and O–H groups in total. The summed E-state index contributed by atoms with van der Waals surface area (Å²) < 4.78 is 0. The van der Waals surface area contributed by atoms with Gasteiger partial charge in [0, 0.05) is 12.6 Å². The molecule has 0 radical (unpaired) electrons. The van der Waals surface area contributed by atoms with E-state index in [2.05, 4.69) is 5.32 Å². The smallest absolute Gasteiger partial charge is 0.221 e. The van der Waals surface area contributed by atoms with E-state index in [0.717, 1.165) is 11.3 Å². The van der Waals surface area contributed by atoms with Gasteiger partial charge in [-0.3, -0.25) is 4.79 Å². The minimum Gasteiger partial charge on any atom is -0.393 e. The van der Waals surface area contributed by atoms with Gasteiger partial charge in [-0.2, -0.15) is 0 Å². The van der Waals surface area contributed by atoms with Crippen LogP contribution >= 0.6 is 0 Å². The van der Waals surface area contributed by atoms with Crippen LogP contribution in [-0.2, 0) is 11.2 Å². The Bertz CT molecular complexity index is 304. The third-order valence-corrected chi connectivity index (χ3v) is 1.81. The van der Waals surface area contributed by atoms with Crippen LogP contribution in [0.25, 0.3) is 0 Å².